The molecule has 0 fully saturated rings. The molecule has 0 aliphatic rings. The van der Waals surface area contributed by atoms with E-state index in [0.29, 0.717) is 11.4 Å². The molecule has 1 aromatic carbocycles. The lowest BCUT2D eigenvalue weighted by atomic mass is 10.2. The quantitative estimate of drug-likeness (QED) is 0.921. The fraction of sp³-hybridized carbons (Fsp3) is 0.143. The molecule has 0 radical (unpaired) electrons. The number of pyridine rings is 1. The molecule has 0 spiro atoms. The third-order valence-electron chi connectivity index (χ3n) is 2.59. The first-order valence-corrected chi connectivity index (χ1v) is 5.77. The van der Waals surface area contributed by atoms with Crippen LogP contribution in [0.3, 0.4) is 0 Å². The van der Waals surface area contributed by atoms with Crippen LogP contribution in [0.1, 0.15) is 10.4 Å². The van der Waals surface area contributed by atoms with Crippen molar-refractivity contribution in [1.82, 2.24) is 4.98 Å². The van der Waals surface area contributed by atoms with E-state index in [1.165, 1.54) is 12.1 Å². The Morgan fingerprint density at radius 1 is 1.26 bits per heavy atom. The van der Waals surface area contributed by atoms with E-state index in [2.05, 4.69) is 10.3 Å². The maximum Gasteiger partial charge on any atom is 0.255 e. The van der Waals surface area contributed by atoms with Crippen LogP contribution in [0.4, 0.5) is 15.9 Å². The van der Waals surface area contributed by atoms with Gasteiger partial charge in [-0.3, -0.25) is 4.79 Å². The summed E-state index contributed by atoms with van der Waals surface area (Å²) in [7, 11) is 3.67. The number of aromatic nitrogens is 1. The summed E-state index contributed by atoms with van der Waals surface area (Å²) in [6, 6.07) is 9.28. The largest absolute Gasteiger partial charge is 0.363 e. The Kier molecular flexibility index (Phi) is 3.75. The Morgan fingerprint density at radius 3 is 2.68 bits per heavy atom. The lowest BCUT2D eigenvalue weighted by molar-refractivity contribution is 0.102. The van der Waals surface area contributed by atoms with Crippen LogP contribution in [0, 0.1) is 5.82 Å². The maximum atomic E-state index is 13.4. The summed E-state index contributed by atoms with van der Waals surface area (Å²) in [4.78, 5) is 17.9. The zero-order chi connectivity index (χ0) is 13.8. The number of carbonyl (C=O) groups excluding carboxylic acids is 1. The van der Waals surface area contributed by atoms with Crippen molar-refractivity contribution < 1.29 is 9.18 Å². The predicted molar refractivity (Wildman–Crippen MR) is 72.9 cm³/mol. The highest BCUT2D eigenvalue weighted by Crippen LogP contribution is 2.15. The highest BCUT2D eigenvalue weighted by Gasteiger charge is 2.10. The second-order valence-electron chi connectivity index (χ2n) is 4.23. The number of nitrogens with one attached hydrogen (secondary N) is 1. The minimum atomic E-state index is -0.460. The van der Waals surface area contributed by atoms with Gasteiger partial charge in [0.05, 0.1) is 5.69 Å². The fourth-order valence-electron chi connectivity index (χ4n) is 1.56. The molecular weight excluding hydrogens is 245 g/mol. The summed E-state index contributed by atoms with van der Waals surface area (Å²) in [5, 5.41) is 2.53. The van der Waals surface area contributed by atoms with Crippen LogP contribution in [-0.4, -0.2) is 25.0 Å². The van der Waals surface area contributed by atoms with Crippen LogP contribution in [0.2, 0.25) is 0 Å². The average Bonchev–Trinajstić information content (AvgIpc) is 2.41. The van der Waals surface area contributed by atoms with Crippen molar-refractivity contribution in [1.29, 1.82) is 0 Å². The Hall–Kier alpha value is -2.43. The number of anilines is 2. The van der Waals surface area contributed by atoms with Gasteiger partial charge in [-0.2, -0.15) is 0 Å². The van der Waals surface area contributed by atoms with Gasteiger partial charge in [-0.25, -0.2) is 9.37 Å². The Morgan fingerprint density at radius 2 is 2.00 bits per heavy atom. The second kappa shape index (κ2) is 5.48. The normalized spacial score (nSPS) is 10.1. The molecule has 19 heavy (non-hydrogen) atoms. The molecule has 5 heteroatoms. The highest BCUT2D eigenvalue weighted by molar-refractivity contribution is 6.04. The summed E-state index contributed by atoms with van der Waals surface area (Å²) in [5.41, 5.74) is 0.595. The van der Waals surface area contributed by atoms with Crippen molar-refractivity contribution in [2.75, 3.05) is 24.3 Å². The SMILES string of the molecule is CN(C)c1cc(C(=O)Nc2ccccc2F)ccn1. The molecule has 1 N–H and O–H groups in total. The van der Waals surface area contributed by atoms with Crippen molar-refractivity contribution in [2.24, 2.45) is 0 Å². The van der Waals surface area contributed by atoms with Gasteiger partial charge in [-0.15, -0.1) is 0 Å². The molecule has 1 heterocycles. The average molecular weight is 259 g/mol. The van der Waals surface area contributed by atoms with Gasteiger partial charge in [0.15, 0.2) is 0 Å². The van der Waals surface area contributed by atoms with Crippen molar-refractivity contribution in [3.63, 3.8) is 0 Å². The van der Waals surface area contributed by atoms with Crippen LogP contribution in [0.5, 0.6) is 0 Å². The van der Waals surface area contributed by atoms with E-state index in [4.69, 9.17) is 0 Å². The second-order valence-corrected chi connectivity index (χ2v) is 4.23. The summed E-state index contributed by atoms with van der Waals surface area (Å²) >= 11 is 0. The third-order valence-corrected chi connectivity index (χ3v) is 2.59. The molecule has 0 saturated carbocycles. The number of rotatable bonds is 3. The predicted octanol–water partition coefficient (Wildman–Crippen LogP) is 2.54. The molecule has 98 valence electrons. The number of benzene rings is 1. The molecule has 1 aromatic heterocycles. The molecule has 0 atom stereocenters. The molecular formula is C14H14FN3O. The summed E-state index contributed by atoms with van der Waals surface area (Å²) < 4.78 is 13.4. The first-order valence-electron chi connectivity index (χ1n) is 5.77. The van der Waals surface area contributed by atoms with E-state index in [0.717, 1.165) is 0 Å². The Balaban J connectivity index is 2.21. The Labute approximate surface area is 110 Å². The van der Waals surface area contributed by atoms with Gasteiger partial charge in [0.2, 0.25) is 0 Å². The maximum absolute atomic E-state index is 13.4. The number of para-hydroxylation sites is 1. The van der Waals surface area contributed by atoms with Gasteiger partial charge in [-0.1, -0.05) is 12.1 Å². The molecule has 0 bridgehead atoms. The molecule has 0 saturated heterocycles. The molecule has 1 amide bonds. The number of hydrogen-bond donors (Lipinski definition) is 1. The lowest BCUT2D eigenvalue weighted by Gasteiger charge is -2.12. The van der Waals surface area contributed by atoms with Gasteiger partial charge in [0.1, 0.15) is 11.6 Å². The van der Waals surface area contributed by atoms with E-state index in [1.54, 1.807) is 35.4 Å². The summed E-state index contributed by atoms with van der Waals surface area (Å²) in [6.07, 6.45) is 1.55. The fourth-order valence-corrected chi connectivity index (χ4v) is 1.56. The van der Waals surface area contributed by atoms with Crippen LogP contribution in [0.15, 0.2) is 42.6 Å². The summed E-state index contributed by atoms with van der Waals surface area (Å²) in [6.45, 7) is 0. The van der Waals surface area contributed by atoms with Gasteiger partial charge in [0.25, 0.3) is 5.91 Å². The number of carbonyl (C=O) groups is 1. The van der Waals surface area contributed by atoms with Gasteiger partial charge in [-0.05, 0) is 24.3 Å². The first-order chi connectivity index (χ1) is 9.08. The van der Waals surface area contributed by atoms with Gasteiger partial charge < -0.3 is 10.2 Å². The van der Waals surface area contributed by atoms with Gasteiger partial charge >= 0.3 is 0 Å². The van der Waals surface area contributed by atoms with Crippen molar-refractivity contribution in [2.45, 2.75) is 0 Å². The molecule has 2 aromatic rings. The van der Waals surface area contributed by atoms with E-state index < -0.39 is 5.82 Å². The highest BCUT2D eigenvalue weighted by atomic mass is 19.1. The van der Waals surface area contributed by atoms with Gasteiger partial charge in [0, 0.05) is 25.9 Å². The Bertz CT molecular complexity index is 599. The van der Waals surface area contributed by atoms with Crippen molar-refractivity contribution >= 4 is 17.4 Å². The van der Waals surface area contributed by atoms with Crippen LogP contribution in [-0.2, 0) is 0 Å². The smallest absolute Gasteiger partial charge is 0.255 e. The summed E-state index contributed by atoms with van der Waals surface area (Å²) in [5.74, 6) is -0.158. The monoisotopic (exact) mass is 259 g/mol. The van der Waals surface area contributed by atoms with Crippen LogP contribution >= 0.6 is 0 Å². The molecule has 4 nitrogen and oxygen atoms in total. The lowest BCUT2D eigenvalue weighted by Crippen LogP contribution is -2.15. The van der Waals surface area contributed by atoms with E-state index in [9.17, 15) is 9.18 Å². The van der Waals surface area contributed by atoms with E-state index >= 15 is 0 Å². The minimum Gasteiger partial charge on any atom is -0.363 e. The third kappa shape index (κ3) is 3.07. The van der Waals surface area contributed by atoms with E-state index in [1.807, 2.05) is 14.1 Å². The topological polar surface area (TPSA) is 45.2 Å². The molecule has 0 aliphatic heterocycles. The standard InChI is InChI=1S/C14H14FN3O/c1-18(2)13-9-10(7-8-16-13)14(19)17-12-6-4-3-5-11(12)15/h3-9H,1-2H3,(H,17,19). The van der Waals surface area contributed by atoms with E-state index in [-0.39, 0.29) is 11.6 Å². The molecule has 0 unspecified atom stereocenters. The zero-order valence-electron chi connectivity index (χ0n) is 10.7. The molecule has 2 rings (SSSR count). The number of amides is 1. The van der Waals surface area contributed by atoms with Crippen molar-refractivity contribution in [3.05, 3.63) is 54.0 Å². The number of nitrogens with zero attached hydrogens (tertiary/aromatic N) is 2. The van der Waals surface area contributed by atoms with Crippen LogP contribution in [0.25, 0.3) is 0 Å². The number of hydrogen-bond acceptors (Lipinski definition) is 3. The molecule has 0 aliphatic carbocycles. The number of halogens is 1. The zero-order valence-corrected chi connectivity index (χ0v) is 10.7. The minimum absolute atomic E-state index is 0.163. The first kappa shape index (κ1) is 13.0. The van der Waals surface area contributed by atoms with Crippen LogP contribution < -0.4 is 10.2 Å². The van der Waals surface area contributed by atoms with Crippen molar-refractivity contribution in [3.8, 4) is 0 Å².